The second-order valence-corrected chi connectivity index (χ2v) is 3.19. The van der Waals surface area contributed by atoms with Gasteiger partial charge in [0.15, 0.2) is 0 Å². The normalized spacial score (nSPS) is 25.3. The Morgan fingerprint density at radius 1 is 1.09 bits per heavy atom. The SMILES string of the molecule is OC1=C2C=C3CCC3=C2C=C1. The van der Waals surface area contributed by atoms with Crippen LogP contribution in [0.15, 0.2) is 46.3 Å². The topological polar surface area (TPSA) is 20.2 Å². The number of hydrogen-bond acceptors (Lipinski definition) is 1. The van der Waals surface area contributed by atoms with Crippen molar-refractivity contribution in [2.24, 2.45) is 0 Å². The van der Waals surface area contributed by atoms with Crippen LogP contribution in [0.2, 0.25) is 0 Å². The number of rotatable bonds is 0. The van der Waals surface area contributed by atoms with Crippen LogP contribution in [0.4, 0.5) is 0 Å². The lowest BCUT2D eigenvalue weighted by Crippen LogP contribution is -2.00. The summed E-state index contributed by atoms with van der Waals surface area (Å²) >= 11 is 0. The standard InChI is InChI=1S/C10H8O/c11-10-4-3-8-7-2-1-6(7)5-9(8)10/h3-5,11H,1-2H2. The number of hydrogen-bond donors (Lipinski definition) is 1. The molecule has 3 aliphatic carbocycles. The zero-order valence-electron chi connectivity index (χ0n) is 6.09. The first-order chi connectivity index (χ1) is 5.36. The molecule has 3 aliphatic rings. The maximum atomic E-state index is 9.38. The van der Waals surface area contributed by atoms with Crippen LogP contribution in [-0.2, 0) is 0 Å². The van der Waals surface area contributed by atoms with Crippen molar-refractivity contribution in [1.29, 1.82) is 0 Å². The van der Waals surface area contributed by atoms with E-state index >= 15 is 0 Å². The average Bonchev–Trinajstić information content (AvgIpc) is 2.36. The van der Waals surface area contributed by atoms with Crippen LogP contribution in [-0.4, -0.2) is 5.11 Å². The minimum atomic E-state index is 0.439. The van der Waals surface area contributed by atoms with Gasteiger partial charge in [-0.05, 0) is 41.7 Å². The van der Waals surface area contributed by atoms with Gasteiger partial charge in [-0.3, -0.25) is 0 Å². The zero-order valence-corrected chi connectivity index (χ0v) is 6.09. The lowest BCUT2D eigenvalue weighted by molar-refractivity contribution is 0.431. The van der Waals surface area contributed by atoms with E-state index in [0.29, 0.717) is 5.76 Å². The molecule has 1 nitrogen and oxygen atoms in total. The summed E-state index contributed by atoms with van der Waals surface area (Å²) in [7, 11) is 0. The molecular weight excluding hydrogens is 136 g/mol. The Labute approximate surface area is 65.0 Å². The maximum Gasteiger partial charge on any atom is 0.123 e. The van der Waals surface area contributed by atoms with Crippen LogP contribution in [0.25, 0.3) is 0 Å². The molecule has 0 aromatic carbocycles. The first kappa shape index (κ1) is 5.42. The number of allylic oxidation sites excluding steroid dienone is 7. The summed E-state index contributed by atoms with van der Waals surface area (Å²) in [5.74, 6) is 0.439. The van der Waals surface area contributed by atoms with Crippen LogP contribution in [0.1, 0.15) is 12.8 Å². The summed E-state index contributed by atoms with van der Waals surface area (Å²) in [6, 6.07) is 0. The molecule has 0 unspecified atom stereocenters. The zero-order chi connectivity index (χ0) is 7.42. The average molecular weight is 144 g/mol. The summed E-state index contributed by atoms with van der Waals surface area (Å²) in [5.41, 5.74) is 5.21. The fraction of sp³-hybridized carbons (Fsp3) is 0.200. The van der Waals surface area contributed by atoms with Crippen molar-refractivity contribution in [2.45, 2.75) is 12.8 Å². The highest BCUT2D eigenvalue weighted by Gasteiger charge is 2.29. The molecule has 3 rings (SSSR count). The van der Waals surface area contributed by atoms with Gasteiger partial charge < -0.3 is 5.11 Å². The lowest BCUT2D eigenvalue weighted by Gasteiger charge is -2.18. The highest BCUT2D eigenvalue weighted by atomic mass is 16.3. The van der Waals surface area contributed by atoms with Gasteiger partial charge in [-0.2, -0.15) is 0 Å². The van der Waals surface area contributed by atoms with Crippen molar-refractivity contribution >= 4 is 0 Å². The third-order valence-corrected chi connectivity index (χ3v) is 2.65. The van der Waals surface area contributed by atoms with Crippen molar-refractivity contribution in [1.82, 2.24) is 0 Å². The Balaban J connectivity index is 2.30. The molecule has 0 radical (unpaired) electrons. The molecule has 0 aromatic rings. The molecule has 1 fully saturated rings. The Kier molecular flexibility index (Phi) is 0.738. The fourth-order valence-electron chi connectivity index (χ4n) is 1.93. The molecule has 0 saturated heterocycles. The highest BCUT2D eigenvalue weighted by Crippen LogP contribution is 2.47. The van der Waals surface area contributed by atoms with E-state index in [1.54, 1.807) is 6.08 Å². The predicted octanol–water partition coefficient (Wildman–Crippen LogP) is 2.40. The van der Waals surface area contributed by atoms with Crippen LogP contribution in [0.5, 0.6) is 0 Å². The van der Waals surface area contributed by atoms with E-state index in [1.165, 1.54) is 29.6 Å². The van der Waals surface area contributed by atoms with Crippen molar-refractivity contribution < 1.29 is 5.11 Å². The minimum Gasteiger partial charge on any atom is -0.507 e. The lowest BCUT2D eigenvalue weighted by atomic mass is 9.86. The molecule has 0 amide bonds. The number of aliphatic hydroxyl groups excluding tert-OH is 1. The first-order valence-electron chi connectivity index (χ1n) is 3.92. The molecule has 0 aromatic heterocycles. The summed E-state index contributed by atoms with van der Waals surface area (Å²) in [6.45, 7) is 0. The summed E-state index contributed by atoms with van der Waals surface area (Å²) in [5, 5.41) is 9.38. The van der Waals surface area contributed by atoms with Crippen LogP contribution in [0, 0.1) is 0 Å². The van der Waals surface area contributed by atoms with E-state index in [2.05, 4.69) is 6.08 Å². The van der Waals surface area contributed by atoms with Crippen molar-refractivity contribution in [2.75, 3.05) is 0 Å². The summed E-state index contributed by atoms with van der Waals surface area (Å²) in [6.07, 6.45) is 8.31. The van der Waals surface area contributed by atoms with Crippen molar-refractivity contribution in [3.8, 4) is 0 Å². The largest absolute Gasteiger partial charge is 0.507 e. The van der Waals surface area contributed by atoms with E-state index in [1.807, 2.05) is 6.08 Å². The highest BCUT2D eigenvalue weighted by molar-refractivity contribution is 5.70. The number of fused-ring (bicyclic) bond motifs is 2. The van der Waals surface area contributed by atoms with Crippen LogP contribution >= 0.6 is 0 Å². The molecule has 0 atom stereocenters. The van der Waals surface area contributed by atoms with Gasteiger partial charge in [0.1, 0.15) is 5.76 Å². The number of aliphatic hydroxyl groups is 1. The van der Waals surface area contributed by atoms with Gasteiger partial charge in [-0.25, -0.2) is 0 Å². The van der Waals surface area contributed by atoms with E-state index in [9.17, 15) is 5.11 Å². The third-order valence-electron chi connectivity index (χ3n) is 2.65. The second kappa shape index (κ2) is 1.50. The maximum absolute atomic E-state index is 9.38. The molecule has 54 valence electrons. The molecule has 0 aliphatic heterocycles. The molecule has 0 heterocycles. The van der Waals surface area contributed by atoms with E-state index < -0.39 is 0 Å². The van der Waals surface area contributed by atoms with E-state index in [0.717, 1.165) is 5.57 Å². The first-order valence-corrected chi connectivity index (χ1v) is 3.92. The smallest absolute Gasteiger partial charge is 0.123 e. The molecule has 1 saturated carbocycles. The van der Waals surface area contributed by atoms with Crippen LogP contribution < -0.4 is 0 Å². The Morgan fingerprint density at radius 2 is 2.00 bits per heavy atom. The van der Waals surface area contributed by atoms with Gasteiger partial charge in [0.2, 0.25) is 0 Å². The van der Waals surface area contributed by atoms with Crippen molar-refractivity contribution in [3.63, 3.8) is 0 Å². The molecule has 1 N–H and O–H groups in total. The van der Waals surface area contributed by atoms with Gasteiger partial charge in [0.25, 0.3) is 0 Å². The second-order valence-electron chi connectivity index (χ2n) is 3.19. The molecular formula is C10H8O. The van der Waals surface area contributed by atoms with Crippen LogP contribution in [0.3, 0.4) is 0 Å². The van der Waals surface area contributed by atoms with Gasteiger partial charge in [-0.1, -0.05) is 6.08 Å². The predicted molar refractivity (Wildman–Crippen MR) is 43.1 cm³/mol. The molecule has 11 heavy (non-hydrogen) atoms. The van der Waals surface area contributed by atoms with Crippen molar-refractivity contribution in [3.05, 3.63) is 46.3 Å². The van der Waals surface area contributed by atoms with Gasteiger partial charge in [0, 0.05) is 5.57 Å². The Hall–Kier alpha value is -1.24. The van der Waals surface area contributed by atoms with Gasteiger partial charge in [-0.15, -0.1) is 0 Å². The third kappa shape index (κ3) is 0.484. The summed E-state index contributed by atoms with van der Waals surface area (Å²) in [4.78, 5) is 0. The van der Waals surface area contributed by atoms with E-state index in [-0.39, 0.29) is 0 Å². The molecule has 0 bridgehead atoms. The monoisotopic (exact) mass is 144 g/mol. The van der Waals surface area contributed by atoms with E-state index in [4.69, 9.17) is 0 Å². The Morgan fingerprint density at radius 3 is 2.73 bits per heavy atom. The minimum absolute atomic E-state index is 0.439. The quantitative estimate of drug-likeness (QED) is 0.553. The fourth-order valence-corrected chi connectivity index (χ4v) is 1.93. The van der Waals surface area contributed by atoms with Gasteiger partial charge in [0.05, 0.1) is 0 Å². The Bertz CT molecular complexity index is 364. The molecule has 0 spiro atoms. The molecule has 1 heteroatoms. The summed E-state index contributed by atoms with van der Waals surface area (Å²) < 4.78 is 0. The van der Waals surface area contributed by atoms with Gasteiger partial charge >= 0.3 is 0 Å².